The third kappa shape index (κ3) is 3.71. The summed E-state index contributed by atoms with van der Waals surface area (Å²) >= 11 is 0. The normalized spacial score (nSPS) is 24.2. The molecule has 1 atom stereocenters. The van der Waals surface area contributed by atoms with E-state index in [1.54, 1.807) is 0 Å². The summed E-state index contributed by atoms with van der Waals surface area (Å²) in [5.41, 5.74) is -0.153. The van der Waals surface area contributed by atoms with Gasteiger partial charge in [-0.05, 0) is 46.0 Å². The summed E-state index contributed by atoms with van der Waals surface area (Å²) in [4.78, 5) is 26.2. The van der Waals surface area contributed by atoms with Crippen molar-refractivity contribution < 1.29 is 9.59 Å². The summed E-state index contributed by atoms with van der Waals surface area (Å²) in [7, 11) is 0. The van der Waals surface area contributed by atoms with E-state index < -0.39 is 0 Å². The zero-order valence-electron chi connectivity index (χ0n) is 12.4. The molecule has 0 bridgehead atoms. The fourth-order valence-corrected chi connectivity index (χ4v) is 2.50. The van der Waals surface area contributed by atoms with Crippen molar-refractivity contribution in [3.63, 3.8) is 0 Å². The van der Waals surface area contributed by atoms with Crippen LogP contribution in [-0.4, -0.2) is 35.3 Å². The van der Waals surface area contributed by atoms with Gasteiger partial charge in [-0.1, -0.05) is 6.92 Å². The zero-order chi connectivity index (χ0) is 14.0. The van der Waals surface area contributed by atoms with Gasteiger partial charge in [0.25, 0.3) is 0 Å². The van der Waals surface area contributed by atoms with Crippen molar-refractivity contribution in [3.05, 3.63) is 0 Å². The van der Waals surface area contributed by atoms with Gasteiger partial charge in [-0.3, -0.25) is 9.59 Å². The molecule has 0 radical (unpaired) electrons. The van der Waals surface area contributed by atoms with Crippen LogP contribution in [-0.2, 0) is 9.59 Å². The minimum Gasteiger partial charge on any atom is -0.351 e. The maximum absolute atomic E-state index is 12.3. The molecule has 1 aliphatic heterocycles. The van der Waals surface area contributed by atoms with Gasteiger partial charge in [-0.15, -0.1) is 0 Å². The van der Waals surface area contributed by atoms with Crippen LogP contribution in [0, 0.1) is 11.8 Å². The molecule has 2 fully saturated rings. The van der Waals surface area contributed by atoms with Gasteiger partial charge in [0.05, 0.1) is 5.92 Å². The predicted octanol–water partition coefficient (Wildman–Crippen LogP) is 1.94. The van der Waals surface area contributed by atoms with Crippen LogP contribution in [0.4, 0.5) is 0 Å². The molecule has 1 unspecified atom stereocenters. The number of nitrogens with one attached hydrogen (secondary N) is 1. The lowest BCUT2D eigenvalue weighted by Crippen LogP contribution is -2.50. The third-order valence-electron chi connectivity index (χ3n) is 4.38. The molecule has 4 nitrogen and oxygen atoms in total. The highest BCUT2D eigenvalue weighted by atomic mass is 16.2. The maximum atomic E-state index is 12.3. The van der Waals surface area contributed by atoms with Gasteiger partial charge in [0.15, 0.2) is 0 Å². The van der Waals surface area contributed by atoms with Crippen LogP contribution in [0.3, 0.4) is 0 Å². The van der Waals surface area contributed by atoms with Crippen molar-refractivity contribution in [3.8, 4) is 0 Å². The van der Waals surface area contributed by atoms with E-state index in [1.165, 1.54) is 0 Å². The van der Waals surface area contributed by atoms with Crippen molar-refractivity contribution in [2.45, 2.75) is 58.4 Å². The average molecular weight is 266 g/mol. The first kappa shape index (κ1) is 14.4. The molecule has 1 heterocycles. The van der Waals surface area contributed by atoms with E-state index in [0.29, 0.717) is 6.54 Å². The van der Waals surface area contributed by atoms with Crippen LogP contribution < -0.4 is 5.32 Å². The Hall–Kier alpha value is -1.06. The van der Waals surface area contributed by atoms with Crippen molar-refractivity contribution >= 4 is 11.8 Å². The number of likely N-dealkylation sites (tertiary alicyclic amines) is 1. The molecule has 0 aromatic rings. The van der Waals surface area contributed by atoms with E-state index in [9.17, 15) is 9.59 Å². The van der Waals surface area contributed by atoms with Crippen LogP contribution in [0.15, 0.2) is 0 Å². The smallest absolute Gasteiger partial charge is 0.225 e. The van der Waals surface area contributed by atoms with E-state index in [-0.39, 0.29) is 29.2 Å². The Labute approximate surface area is 115 Å². The highest BCUT2D eigenvalue weighted by Crippen LogP contribution is 2.32. The van der Waals surface area contributed by atoms with Crippen LogP contribution in [0.1, 0.15) is 52.9 Å². The third-order valence-corrected chi connectivity index (χ3v) is 4.38. The summed E-state index contributed by atoms with van der Waals surface area (Å²) in [5, 5.41) is 3.10. The summed E-state index contributed by atoms with van der Waals surface area (Å²) in [6, 6.07) is 0. The molecule has 19 heavy (non-hydrogen) atoms. The summed E-state index contributed by atoms with van der Waals surface area (Å²) in [6.07, 6.45) is 4.84. The number of hydrogen-bond acceptors (Lipinski definition) is 2. The van der Waals surface area contributed by atoms with Crippen molar-refractivity contribution in [1.29, 1.82) is 0 Å². The number of hydrogen-bond donors (Lipinski definition) is 1. The second-order valence-corrected chi connectivity index (χ2v) is 6.62. The van der Waals surface area contributed by atoms with Gasteiger partial charge in [-0.25, -0.2) is 0 Å². The monoisotopic (exact) mass is 266 g/mol. The second-order valence-electron chi connectivity index (χ2n) is 6.62. The van der Waals surface area contributed by atoms with Gasteiger partial charge in [0.2, 0.25) is 11.8 Å². The lowest BCUT2D eigenvalue weighted by molar-refractivity contribution is -0.137. The van der Waals surface area contributed by atoms with Gasteiger partial charge in [0.1, 0.15) is 0 Å². The number of nitrogens with zero attached hydrogens (tertiary/aromatic N) is 1. The number of rotatable bonds is 4. The number of carbonyl (C=O) groups excluding carboxylic acids is 2. The molecule has 1 N–H and O–H groups in total. The molecular weight excluding hydrogens is 240 g/mol. The van der Waals surface area contributed by atoms with Crippen LogP contribution in [0.5, 0.6) is 0 Å². The van der Waals surface area contributed by atoms with Gasteiger partial charge in [0, 0.05) is 24.5 Å². The Balaban J connectivity index is 1.89. The largest absolute Gasteiger partial charge is 0.351 e. The molecule has 1 saturated carbocycles. The van der Waals surface area contributed by atoms with Crippen LogP contribution in [0.2, 0.25) is 0 Å². The summed E-state index contributed by atoms with van der Waals surface area (Å²) < 4.78 is 0. The molecule has 4 heteroatoms. The van der Waals surface area contributed by atoms with E-state index in [4.69, 9.17) is 0 Å². The first-order valence-electron chi connectivity index (χ1n) is 7.54. The molecule has 0 aromatic carbocycles. The number of carbonyl (C=O) groups is 2. The quantitative estimate of drug-likeness (QED) is 0.845. The second kappa shape index (κ2) is 5.51. The van der Waals surface area contributed by atoms with Gasteiger partial charge >= 0.3 is 0 Å². The molecule has 108 valence electrons. The highest BCUT2D eigenvalue weighted by molar-refractivity contribution is 5.83. The van der Waals surface area contributed by atoms with E-state index in [0.717, 1.165) is 38.6 Å². The zero-order valence-corrected chi connectivity index (χ0v) is 12.4. The van der Waals surface area contributed by atoms with E-state index >= 15 is 0 Å². The molecule has 2 amide bonds. The fourth-order valence-electron chi connectivity index (χ4n) is 2.50. The first-order valence-corrected chi connectivity index (χ1v) is 7.54. The average Bonchev–Trinajstić information content (AvgIpc) is 3.22. The predicted molar refractivity (Wildman–Crippen MR) is 74.5 cm³/mol. The maximum Gasteiger partial charge on any atom is 0.225 e. The fraction of sp³-hybridized carbons (Fsp3) is 0.867. The number of piperidine rings is 1. The Morgan fingerprint density at radius 2 is 1.89 bits per heavy atom. The molecular formula is C15H26N2O2. The van der Waals surface area contributed by atoms with E-state index in [2.05, 4.69) is 12.2 Å². The Bertz CT molecular complexity index is 361. The van der Waals surface area contributed by atoms with Crippen LogP contribution in [0.25, 0.3) is 0 Å². The lowest BCUT2D eigenvalue weighted by Gasteiger charge is -2.34. The van der Waals surface area contributed by atoms with Crippen LogP contribution >= 0.6 is 0 Å². The Morgan fingerprint density at radius 3 is 2.47 bits per heavy atom. The molecule has 0 aromatic heterocycles. The lowest BCUT2D eigenvalue weighted by atomic mass is 9.94. The summed E-state index contributed by atoms with van der Waals surface area (Å²) in [5.74, 6) is 0.614. The molecule has 2 aliphatic rings. The minimum atomic E-state index is -0.153. The standard InChI is InChI=1S/C15H26N2O2/c1-4-15(2,3)16-13(18)12-6-5-9-17(10-12)14(19)11-7-8-11/h11-12H,4-10H2,1-3H3,(H,16,18). The molecule has 1 saturated heterocycles. The van der Waals surface area contributed by atoms with Crippen molar-refractivity contribution in [2.75, 3.05) is 13.1 Å². The SMILES string of the molecule is CCC(C)(C)NC(=O)C1CCCN(C(=O)C2CC2)C1. The summed E-state index contributed by atoms with van der Waals surface area (Å²) in [6.45, 7) is 7.60. The number of amides is 2. The molecule has 0 spiro atoms. The van der Waals surface area contributed by atoms with Gasteiger partial charge in [-0.2, -0.15) is 0 Å². The Kier molecular flexibility index (Phi) is 4.16. The topological polar surface area (TPSA) is 49.4 Å². The molecule has 1 aliphatic carbocycles. The Morgan fingerprint density at radius 1 is 1.21 bits per heavy atom. The highest BCUT2D eigenvalue weighted by Gasteiger charge is 2.37. The van der Waals surface area contributed by atoms with Crippen molar-refractivity contribution in [2.24, 2.45) is 11.8 Å². The van der Waals surface area contributed by atoms with E-state index in [1.807, 2.05) is 18.7 Å². The van der Waals surface area contributed by atoms with Gasteiger partial charge < -0.3 is 10.2 Å². The minimum absolute atomic E-state index is 0.0257. The van der Waals surface area contributed by atoms with Crippen molar-refractivity contribution in [1.82, 2.24) is 10.2 Å². The first-order chi connectivity index (χ1) is 8.93. The molecule has 2 rings (SSSR count).